The number of amides is 1. The summed E-state index contributed by atoms with van der Waals surface area (Å²) in [6.45, 7) is 1.41. The number of nitrogens with one attached hydrogen (secondary N) is 1. The van der Waals surface area contributed by atoms with E-state index in [2.05, 4.69) is 5.32 Å². The predicted molar refractivity (Wildman–Crippen MR) is 109 cm³/mol. The lowest BCUT2D eigenvalue weighted by Gasteiger charge is -2.16. The maximum Gasteiger partial charge on any atom is 0.416 e. The van der Waals surface area contributed by atoms with Gasteiger partial charge < -0.3 is 15.0 Å². The van der Waals surface area contributed by atoms with Crippen LogP contribution in [0.4, 0.5) is 23.2 Å². The van der Waals surface area contributed by atoms with Gasteiger partial charge in [0.25, 0.3) is 5.56 Å². The van der Waals surface area contributed by atoms with Crippen molar-refractivity contribution in [3.8, 4) is 0 Å². The molecule has 0 unspecified atom stereocenters. The predicted octanol–water partition coefficient (Wildman–Crippen LogP) is 4.55. The van der Waals surface area contributed by atoms with E-state index in [9.17, 15) is 32.3 Å². The van der Waals surface area contributed by atoms with Crippen molar-refractivity contribution in [1.29, 1.82) is 0 Å². The van der Waals surface area contributed by atoms with Crippen molar-refractivity contribution in [2.45, 2.75) is 25.6 Å². The van der Waals surface area contributed by atoms with Gasteiger partial charge in [0.2, 0.25) is 5.91 Å². The Kier molecular flexibility index (Phi) is 6.38. The molecular formula is C21H17ClF4N2O3. The summed E-state index contributed by atoms with van der Waals surface area (Å²) in [4.78, 5) is 25.1. The second-order valence-corrected chi connectivity index (χ2v) is 7.38. The summed E-state index contributed by atoms with van der Waals surface area (Å²) in [5.74, 6) is -1.88. The molecule has 1 amide bonds. The molecule has 0 fully saturated rings. The van der Waals surface area contributed by atoms with Crippen LogP contribution in [-0.2, 0) is 17.4 Å². The Morgan fingerprint density at radius 2 is 1.90 bits per heavy atom. The van der Waals surface area contributed by atoms with E-state index in [1.807, 2.05) is 0 Å². The molecule has 0 radical (unpaired) electrons. The maximum absolute atomic E-state index is 14.0. The summed E-state index contributed by atoms with van der Waals surface area (Å²) in [5, 5.41) is 12.5. The smallest absolute Gasteiger partial charge is 0.394 e. The monoisotopic (exact) mass is 456 g/mol. The fourth-order valence-corrected chi connectivity index (χ4v) is 3.31. The molecule has 0 saturated carbocycles. The Bertz CT molecular complexity index is 1210. The SMILES string of the molecule is C[C@H](CO)n1ccc2c(NC(=O)Cc3ccc(C(F)(F)F)cc3F)c(Cl)ccc2c1=O. The summed E-state index contributed by atoms with van der Waals surface area (Å²) in [7, 11) is 0. The molecule has 164 valence electrons. The number of benzene rings is 2. The number of fused-ring (bicyclic) bond motifs is 1. The quantitative estimate of drug-likeness (QED) is 0.553. The number of pyridine rings is 1. The summed E-state index contributed by atoms with van der Waals surface area (Å²) < 4.78 is 53.4. The molecule has 3 aromatic rings. The van der Waals surface area contributed by atoms with Gasteiger partial charge in [0.05, 0.1) is 35.3 Å². The molecular weight excluding hydrogens is 440 g/mol. The zero-order chi connectivity index (χ0) is 22.9. The number of alkyl halides is 3. The lowest BCUT2D eigenvalue weighted by Crippen LogP contribution is -2.25. The first-order valence-electron chi connectivity index (χ1n) is 9.12. The fraction of sp³-hybridized carbons (Fsp3) is 0.238. The van der Waals surface area contributed by atoms with Crippen LogP contribution in [0.5, 0.6) is 0 Å². The number of rotatable bonds is 5. The van der Waals surface area contributed by atoms with Crippen LogP contribution in [0.15, 0.2) is 47.4 Å². The Hall–Kier alpha value is -2.91. The first kappa shape index (κ1) is 22.8. The minimum absolute atomic E-state index is 0.123. The van der Waals surface area contributed by atoms with Gasteiger partial charge in [-0.25, -0.2) is 4.39 Å². The highest BCUT2D eigenvalue weighted by atomic mass is 35.5. The number of hydrogen-bond acceptors (Lipinski definition) is 3. The Balaban J connectivity index is 1.91. The third-order valence-electron chi connectivity index (χ3n) is 4.80. The highest BCUT2D eigenvalue weighted by Gasteiger charge is 2.31. The molecule has 0 saturated heterocycles. The molecule has 0 aliphatic rings. The Morgan fingerprint density at radius 3 is 2.52 bits per heavy atom. The number of hydrogen-bond donors (Lipinski definition) is 2. The normalized spacial score (nSPS) is 12.7. The van der Waals surface area contributed by atoms with Crippen molar-refractivity contribution in [2.75, 3.05) is 11.9 Å². The number of aliphatic hydroxyl groups is 1. The van der Waals surface area contributed by atoms with Crippen LogP contribution in [-0.4, -0.2) is 22.2 Å². The molecule has 10 heteroatoms. The van der Waals surface area contributed by atoms with E-state index in [-0.39, 0.29) is 28.3 Å². The van der Waals surface area contributed by atoms with Crippen LogP contribution in [0.3, 0.4) is 0 Å². The number of nitrogens with zero attached hydrogens (tertiary/aromatic N) is 1. The minimum atomic E-state index is -4.70. The van der Waals surface area contributed by atoms with Gasteiger partial charge in [-0.15, -0.1) is 0 Å². The van der Waals surface area contributed by atoms with E-state index < -0.39 is 41.5 Å². The summed E-state index contributed by atoms with van der Waals surface area (Å²) >= 11 is 6.17. The second-order valence-electron chi connectivity index (χ2n) is 6.97. The average molecular weight is 457 g/mol. The summed E-state index contributed by atoms with van der Waals surface area (Å²) in [6.07, 6.45) is -3.78. The van der Waals surface area contributed by atoms with Gasteiger partial charge in [-0.05, 0) is 42.8 Å². The molecule has 1 aromatic heterocycles. The first-order valence-corrected chi connectivity index (χ1v) is 9.50. The number of aliphatic hydroxyl groups excluding tert-OH is 1. The van der Waals surface area contributed by atoms with Gasteiger partial charge in [-0.3, -0.25) is 9.59 Å². The van der Waals surface area contributed by atoms with Gasteiger partial charge in [0.1, 0.15) is 5.82 Å². The van der Waals surface area contributed by atoms with E-state index in [0.29, 0.717) is 17.5 Å². The van der Waals surface area contributed by atoms with E-state index in [0.717, 1.165) is 6.07 Å². The zero-order valence-corrected chi connectivity index (χ0v) is 16.9. The number of carbonyl (C=O) groups is 1. The molecule has 0 aliphatic carbocycles. The molecule has 5 nitrogen and oxygen atoms in total. The molecule has 3 rings (SSSR count). The van der Waals surface area contributed by atoms with Gasteiger partial charge >= 0.3 is 6.18 Å². The second kappa shape index (κ2) is 8.68. The third kappa shape index (κ3) is 4.72. The molecule has 0 spiro atoms. The molecule has 0 aliphatic heterocycles. The van der Waals surface area contributed by atoms with Crippen LogP contribution in [0.2, 0.25) is 5.02 Å². The number of aromatic nitrogens is 1. The standard InChI is InChI=1S/C21H17ClF4N2O3/c1-11(10-29)28-7-6-14-15(20(28)31)4-5-16(22)19(14)27-18(30)8-12-2-3-13(9-17(12)23)21(24,25)26/h2-7,9,11,29H,8,10H2,1H3,(H,27,30)/t11-/m1/s1. The van der Waals surface area contributed by atoms with Crippen molar-refractivity contribution >= 4 is 34.0 Å². The Labute approximate surface area is 178 Å². The van der Waals surface area contributed by atoms with Crippen molar-refractivity contribution < 1.29 is 27.5 Å². The van der Waals surface area contributed by atoms with Gasteiger partial charge in [0, 0.05) is 17.0 Å². The van der Waals surface area contributed by atoms with Crippen LogP contribution in [0.25, 0.3) is 10.8 Å². The first-order chi connectivity index (χ1) is 14.5. The molecule has 0 bridgehead atoms. The Morgan fingerprint density at radius 1 is 1.19 bits per heavy atom. The van der Waals surface area contributed by atoms with Gasteiger partial charge in [-0.1, -0.05) is 17.7 Å². The van der Waals surface area contributed by atoms with Crippen molar-refractivity contribution in [1.82, 2.24) is 4.57 Å². The average Bonchev–Trinajstić information content (AvgIpc) is 2.70. The van der Waals surface area contributed by atoms with Crippen molar-refractivity contribution in [3.05, 3.63) is 74.9 Å². The summed E-state index contributed by atoms with van der Waals surface area (Å²) in [6, 6.07) is 5.90. The zero-order valence-electron chi connectivity index (χ0n) is 16.1. The topological polar surface area (TPSA) is 71.3 Å². The summed E-state index contributed by atoms with van der Waals surface area (Å²) in [5.41, 5.74) is -1.65. The maximum atomic E-state index is 14.0. The highest BCUT2D eigenvalue weighted by molar-refractivity contribution is 6.35. The lowest BCUT2D eigenvalue weighted by atomic mass is 10.1. The highest BCUT2D eigenvalue weighted by Crippen LogP contribution is 2.32. The fourth-order valence-electron chi connectivity index (χ4n) is 3.10. The van der Waals surface area contributed by atoms with E-state index in [4.69, 9.17) is 11.6 Å². The number of carbonyl (C=O) groups excluding carboxylic acids is 1. The van der Waals surface area contributed by atoms with Crippen LogP contribution in [0.1, 0.15) is 24.1 Å². The number of anilines is 1. The molecule has 31 heavy (non-hydrogen) atoms. The largest absolute Gasteiger partial charge is 0.416 e. The minimum Gasteiger partial charge on any atom is -0.394 e. The van der Waals surface area contributed by atoms with Crippen LogP contribution in [0, 0.1) is 5.82 Å². The molecule has 1 heterocycles. The third-order valence-corrected chi connectivity index (χ3v) is 5.11. The van der Waals surface area contributed by atoms with E-state index >= 15 is 0 Å². The van der Waals surface area contributed by atoms with Crippen LogP contribution >= 0.6 is 11.6 Å². The molecule has 2 aromatic carbocycles. The van der Waals surface area contributed by atoms with Gasteiger partial charge in [-0.2, -0.15) is 13.2 Å². The van der Waals surface area contributed by atoms with E-state index in [1.54, 1.807) is 13.0 Å². The van der Waals surface area contributed by atoms with Crippen molar-refractivity contribution in [3.63, 3.8) is 0 Å². The van der Waals surface area contributed by atoms with Crippen molar-refractivity contribution in [2.24, 2.45) is 0 Å². The van der Waals surface area contributed by atoms with Gasteiger partial charge in [0.15, 0.2) is 0 Å². The number of halogens is 5. The molecule has 1 atom stereocenters. The van der Waals surface area contributed by atoms with Crippen LogP contribution < -0.4 is 10.9 Å². The van der Waals surface area contributed by atoms with E-state index in [1.165, 1.54) is 22.9 Å². The molecule has 2 N–H and O–H groups in total. The lowest BCUT2D eigenvalue weighted by molar-refractivity contribution is -0.137.